The van der Waals surface area contributed by atoms with Gasteiger partial charge in [-0.25, -0.2) is 0 Å². The Hall–Kier alpha value is -1.31. The maximum atomic E-state index is 12.3. The minimum Gasteiger partial charge on any atom is -0.312 e. The average molecular weight is 231 g/mol. The van der Waals surface area contributed by atoms with Crippen molar-refractivity contribution in [2.45, 2.75) is 40.0 Å². The molecule has 1 aromatic rings. The van der Waals surface area contributed by atoms with Gasteiger partial charge in [-0.2, -0.15) is 0 Å². The molecule has 2 rings (SSSR count). The second-order valence-electron chi connectivity index (χ2n) is 6.20. The molecule has 1 heterocycles. The number of anilines is 1. The smallest absolute Gasteiger partial charge is 0.227 e. The molecule has 92 valence electrons. The molecule has 1 atom stereocenters. The van der Waals surface area contributed by atoms with E-state index in [1.54, 1.807) is 0 Å². The highest BCUT2D eigenvalue weighted by Crippen LogP contribution is 2.36. The summed E-state index contributed by atoms with van der Waals surface area (Å²) in [4.78, 5) is 14.2. The van der Waals surface area contributed by atoms with Crippen molar-refractivity contribution >= 4 is 11.6 Å². The molecule has 0 radical (unpaired) electrons. The molecule has 0 bridgehead atoms. The molecule has 0 aromatic heterocycles. The number of hydrogen-bond donors (Lipinski definition) is 0. The van der Waals surface area contributed by atoms with Crippen LogP contribution in [0.15, 0.2) is 24.3 Å². The van der Waals surface area contributed by atoms with Crippen molar-refractivity contribution in [2.75, 3.05) is 11.4 Å². The zero-order valence-corrected chi connectivity index (χ0v) is 11.2. The van der Waals surface area contributed by atoms with Gasteiger partial charge in [-0.3, -0.25) is 4.79 Å². The summed E-state index contributed by atoms with van der Waals surface area (Å²) in [6, 6.07) is 8.24. The molecule has 1 aliphatic heterocycles. The molecule has 0 aliphatic carbocycles. The third-order valence-electron chi connectivity index (χ3n) is 3.20. The van der Waals surface area contributed by atoms with Crippen molar-refractivity contribution in [1.29, 1.82) is 0 Å². The first-order valence-corrected chi connectivity index (χ1v) is 6.28. The van der Waals surface area contributed by atoms with Crippen LogP contribution in [0.3, 0.4) is 0 Å². The van der Waals surface area contributed by atoms with Gasteiger partial charge in [-0.15, -0.1) is 0 Å². The van der Waals surface area contributed by atoms with Crippen molar-refractivity contribution in [1.82, 2.24) is 0 Å². The van der Waals surface area contributed by atoms with Gasteiger partial charge in [0.1, 0.15) is 0 Å². The fourth-order valence-electron chi connectivity index (χ4n) is 2.41. The quantitative estimate of drug-likeness (QED) is 0.723. The molecule has 0 N–H and O–H groups in total. The molecule has 1 unspecified atom stereocenters. The summed E-state index contributed by atoms with van der Waals surface area (Å²) in [5, 5.41) is 0. The third-order valence-corrected chi connectivity index (χ3v) is 3.20. The zero-order chi connectivity index (χ0) is 12.6. The van der Waals surface area contributed by atoms with Gasteiger partial charge in [0.05, 0.1) is 0 Å². The van der Waals surface area contributed by atoms with E-state index in [9.17, 15) is 4.79 Å². The lowest BCUT2D eigenvalue weighted by Crippen LogP contribution is -2.32. The maximum Gasteiger partial charge on any atom is 0.227 e. The van der Waals surface area contributed by atoms with Gasteiger partial charge in [0.25, 0.3) is 0 Å². The number of hydrogen-bond acceptors (Lipinski definition) is 1. The first kappa shape index (κ1) is 12.2. The highest BCUT2D eigenvalue weighted by Gasteiger charge is 2.30. The Morgan fingerprint density at radius 3 is 2.65 bits per heavy atom. The highest BCUT2D eigenvalue weighted by atomic mass is 16.2. The van der Waals surface area contributed by atoms with E-state index in [1.807, 2.05) is 17.0 Å². The molecule has 2 heteroatoms. The third kappa shape index (κ3) is 2.51. The summed E-state index contributed by atoms with van der Waals surface area (Å²) < 4.78 is 0. The number of carbonyl (C=O) groups excluding carboxylic acids is 1. The SMILES string of the molecule is CC1CN(C(=O)CC(C)(C)C)c2ccccc21. The Bertz CT molecular complexity index is 431. The molecule has 2 nitrogen and oxygen atoms in total. The topological polar surface area (TPSA) is 20.3 Å². The van der Waals surface area contributed by atoms with Gasteiger partial charge in [0.2, 0.25) is 5.91 Å². The Morgan fingerprint density at radius 2 is 2.00 bits per heavy atom. The highest BCUT2D eigenvalue weighted by molar-refractivity contribution is 5.96. The predicted molar refractivity (Wildman–Crippen MR) is 71.3 cm³/mol. The number of para-hydroxylation sites is 1. The van der Waals surface area contributed by atoms with E-state index < -0.39 is 0 Å². The van der Waals surface area contributed by atoms with E-state index >= 15 is 0 Å². The lowest BCUT2D eigenvalue weighted by Gasteiger charge is -2.23. The van der Waals surface area contributed by atoms with Crippen molar-refractivity contribution in [3.63, 3.8) is 0 Å². The van der Waals surface area contributed by atoms with E-state index in [-0.39, 0.29) is 11.3 Å². The van der Waals surface area contributed by atoms with Crippen LogP contribution in [0.25, 0.3) is 0 Å². The Morgan fingerprint density at radius 1 is 1.35 bits per heavy atom. The van der Waals surface area contributed by atoms with Crippen LogP contribution >= 0.6 is 0 Å². The van der Waals surface area contributed by atoms with Gasteiger partial charge >= 0.3 is 0 Å². The molecule has 0 saturated carbocycles. The Balaban J connectivity index is 2.23. The zero-order valence-electron chi connectivity index (χ0n) is 11.2. The van der Waals surface area contributed by atoms with E-state index in [0.717, 1.165) is 12.2 Å². The van der Waals surface area contributed by atoms with Crippen LogP contribution in [0.5, 0.6) is 0 Å². The number of amides is 1. The molecule has 0 saturated heterocycles. The number of benzene rings is 1. The van der Waals surface area contributed by atoms with Crippen molar-refractivity contribution < 1.29 is 4.79 Å². The number of fused-ring (bicyclic) bond motifs is 1. The van der Waals surface area contributed by atoms with Gasteiger partial charge in [0.15, 0.2) is 0 Å². The van der Waals surface area contributed by atoms with Crippen LogP contribution < -0.4 is 4.90 Å². The Kier molecular flexibility index (Phi) is 2.98. The second kappa shape index (κ2) is 4.17. The summed E-state index contributed by atoms with van der Waals surface area (Å²) in [6.45, 7) is 9.33. The van der Waals surface area contributed by atoms with Crippen LogP contribution in [0, 0.1) is 5.41 Å². The summed E-state index contributed by atoms with van der Waals surface area (Å²) in [5.41, 5.74) is 2.46. The molecule has 1 aliphatic rings. The lowest BCUT2D eigenvalue weighted by molar-refractivity contribution is -0.120. The predicted octanol–water partition coefficient (Wildman–Crippen LogP) is 3.57. The van der Waals surface area contributed by atoms with E-state index in [1.165, 1.54) is 5.56 Å². The second-order valence-corrected chi connectivity index (χ2v) is 6.20. The van der Waals surface area contributed by atoms with Gasteiger partial charge < -0.3 is 4.90 Å². The molecule has 1 aromatic carbocycles. The number of nitrogens with zero attached hydrogens (tertiary/aromatic N) is 1. The lowest BCUT2D eigenvalue weighted by atomic mass is 9.91. The minimum atomic E-state index is 0.0534. The first-order chi connectivity index (χ1) is 7.88. The van der Waals surface area contributed by atoms with Gasteiger partial charge in [0, 0.05) is 24.6 Å². The van der Waals surface area contributed by atoms with Crippen LogP contribution in [0.1, 0.15) is 45.6 Å². The summed E-state index contributed by atoms with van der Waals surface area (Å²) in [6.07, 6.45) is 0.605. The number of rotatable bonds is 1. The van der Waals surface area contributed by atoms with Crippen LogP contribution in [-0.2, 0) is 4.79 Å². The normalized spacial score (nSPS) is 19.3. The Labute approximate surface area is 104 Å². The fourth-order valence-corrected chi connectivity index (χ4v) is 2.41. The van der Waals surface area contributed by atoms with E-state index in [0.29, 0.717) is 12.3 Å². The van der Waals surface area contributed by atoms with Crippen LogP contribution in [-0.4, -0.2) is 12.5 Å². The molecule has 0 fully saturated rings. The van der Waals surface area contributed by atoms with Crippen LogP contribution in [0.4, 0.5) is 5.69 Å². The molecule has 17 heavy (non-hydrogen) atoms. The van der Waals surface area contributed by atoms with Gasteiger partial charge in [-0.05, 0) is 17.0 Å². The summed E-state index contributed by atoms with van der Waals surface area (Å²) in [5.74, 6) is 0.699. The molecule has 1 amide bonds. The largest absolute Gasteiger partial charge is 0.312 e. The van der Waals surface area contributed by atoms with E-state index in [4.69, 9.17) is 0 Å². The number of carbonyl (C=O) groups is 1. The minimum absolute atomic E-state index is 0.0534. The monoisotopic (exact) mass is 231 g/mol. The molecular weight excluding hydrogens is 210 g/mol. The van der Waals surface area contributed by atoms with Crippen molar-refractivity contribution in [3.8, 4) is 0 Å². The summed E-state index contributed by atoms with van der Waals surface area (Å²) >= 11 is 0. The fraction of sp³-hybridized carbons (Fsp3) is 0.533. The summed E-state index contributed by atoms with van der Waals surface area (Å²) in [7, 11) is 0. The molecular formula is C15H21NO. The van der Waals surface area contributed by atoms with Gasteiger partial charge in [-0.1, -0.05) is 45.9 Å². The van der Waals surface area contributed by atoms with Crippen molar-refractivity contribution in [3.05, 3.63) is 29.8 Å². The molecule has 0 spiro atoms. The standard InChI is InChI=1S/C15H21NO/c1-11-10-16(14(17)9-15(2,3)4)13-8-6-5-7-12(11)13/h5-8,11H,9-10H2,1-4H3. The van der Waals surface area contributed by atoms with Crippen LogP contribution in [0.2, 0.25) is 0 Å². The van der Waals surface area contributed by atoms with Crippen molar-refractivity contribution in [2.24, 2.45) is 5.41 Å². The first-order valence-electron chi connectivity index (χ1n) is 6.28. The maximum absolute atomic E-state index is 12.3. The average Bonchev–Trinajstić information content (AvgIpc) is 2.55. The van der Waals surface area contributed by atoms with E-state index in [2.05, 4.69) is 39.8 Å².